The van der Waals surface area contributed by atoms with E-state index in [4.69, 9.17) is 9.47 Å². The molecule has 0 saturated heterocycles. The van der Waals surface area contributed by atoms with Crippen molar-refractivity contribution in [1.29, 1.82) is 0 Å². The third-order valence-electron chi connectivity index (χ3n) is 4.69. The lowest BCUT2D eigenvalue weighted by Crippen LogP contribution is -2.08. The fraction of sp³-hybridized carbons (Fsp3) is 0.222. The van der Waals surface area contributed by atoms with Crippen molar-refractivity contribution >= 4 is 139 Å². The van der Waals surface area contributed by atoms with Crippen molar-refractivity contribution < 1.29 is 19.1 Å². The van der Waals surface area contributed by atoms with Crippen molar-refractivity contribution in [2.75, 3.05) is 0 Å². The predicted octanol–water partition coefficient (Wildman–Crippen LogP) is 8.66. The van der Waals surface area contributed by atoms with Crippen LogP contribution in [-0.4, -0.2) is 11.9 Å². The Balaban J connectivity index is 1.71. The van der Waals surface area contributed by atoms with Crippen LogP contribution in [0, 0.1) is 0 Å². The van der Waals surface area contributed by atoms with Gasteiger partial charge in [0.15, 0.2) is 0 Å². The summed E-state index contributed by atoms with van der Waals surface area (Å²) in [4.78, 5) is 24.6. The van der Waals surface area contributed by atoms with E-state index in [1.54, 1.807) is 0 Å². The topological polar surface area (TPSA) is 52.6 Å². The van der Waals surface area contributed by atoms with E-state index in [2.05, 4.69) is 127 Å². The van der Waals surface area contributed by atoms with Gasteiger partial charge < -0.3 is 9.47 Å². The summed E-state index contributed by atoms with van der Waals surface area (Å²) in [6.07, 6.45) is 1.23. The van der Waals surface area contributed by atoms with Gasteiger partial charge in [-0.25, -0.2) is 9.59 Å². The van der Waals surface area contributed by atoms with Gasteiger partial charge in [-0.1, -0.05) is 0 Å². The second-order valence-corrected chi connectivity index (χ2v) is 16.3. The Morgan fingerprint density at radius 2 is 0.967 bits per heavy atom. The smallest absolute Gasteiger partial charge is 0.341 e. The van der Waals surface area contributed by atoms with Gasteiger partial charge in [-0.3, -0.25) is 0 Å². The lowest BCUT2D eigenvalue weighted by molar-refractivity contribution is 0.0483. The fourth-order valence-corrected chi connectivity index (χ4v) is 9.14. The van der Waals surface area contributed by atoms with Gasteiger partial charge in [-0.2, -0.15) is 0 Å². The standard InChI is InChI=1S/C18H6Br8O4/c19-11-5(3-7-9(13(11)21)17(23,24)29-15(7)27)1-2-6-4-8-10(14(22)12(6)20)18(25,26)30-16(8)28/h3-4H,1-2H2. The third-order valence-corrected chi connectivity index (χ3v) is 11.4. The van der Waals surface area contributed by atoms with Gasteiger partial charge in [0.2, 0.25) is 6.84 Å². The van der Waals surface area contributed by atoms with Crippen LogP contribution in [0.15, 0.2) is 30.0 Å². The van der Waals surface area contributed by atoms with E-state index < -0.39 is 18.8 Å². The molecule has 0 amide bonds. The number of alkyl halides is 4. The van der Waals surface area contributed by atoms with Crippen molar-refractivity contribution in [3.05, 3.63) is 63.4 Å². The summed E-state index contributed by atoms with van der Waals surface area (Å²) < 4.78 is 11.7. The summed E-state index contributed by atoms with van der Waals surface area (Å²) in [5.74, 6) is -0.827. The Labute approximate surface area is 238 Å². The van der Waals surface area contributed by atoms with Crippen LogP contribution in [0.2, 0.25) is 0 Å². The van der Waals surface area contributed by atoms with Gasteiger partial charge in [-0.05, 0) is 164 Å². The zero-order valence-corrected chi connectivity index (χ0v) is 26.9. The summed E-state index contributed by atoms with van der Waals surface area (Å²) in [5, 5.41) is 0. The molecule has 0 atom stereocenters. The number of rotatable bonds is 3. The first kappa shape index (κ1) is 24.3. The van der Waals surface area contributed by atoms with Crippen LogP contribution in [-0.2, 0) is 29.2 Å². The van der Waals surface area contributed by atoms with Gasteiger partial charge in [0.1, 0.15) is 0 Å². The maximum Gasteiger partial charge on any atom is 0.341 e. The second kappa shape index (κ2) is 8.46. The molecular weight excluding hydrogens is 919 g/mol. The summed E-state index contributed by atoms with van der Waals surface area (Å²) in [6.45, 7) is 0. The molecule has 0 spiro atoms. The number of aryl methyl sites for hydroxylation is 2. The second-order valence-electron chi connectivity index (χ2n) is 6.49. The van der Waals surface area contributed by atoms with Crippen molar-refractivity contribution in [1.82, 2.24) is 0 Å². The molecule has 0 N–H and O–H groups in total. The number of halogens is 8. The number of benzene rings is 2. The molecule has 0 aliphatic carbocycles. The van der Waals surface area contributed by atoms with E-state index in [1.807, 2.05) is 12.1 Å². The van der Waals surface area contributed by atoms with E-state index in [0.717, 1.165) is 29.0 Å². The predicted molar refractivity (Wildman–Crippen MR) is 141 cm³/mol. The number of hydrogen-bond acceptors (Lipinski definition) is 4. The lowest BCUT2D eigenvalue weighted by Gasteiger charge is -2.18. The van der Waals surface area contributed by atoms with Crippen LogP contribution in [0.4, 0.5) is 0 Å². The van der Waals surface area contributed by atoms with Gasteiger partial charge in [-0.15, -0.1) is 0 Å². The van der Waals surface area contributed by atoms with Crippen LogP contribution in [0.3, 0.4) is 0 Å². The average molecular weight is 925 g/mol. The molecule has 2 aromatic rings. The number of hydrogen-bond donors (Lipinski definition) is 0. The first-order chi connectivity index (χ1) is 13.8. The van der Waals surface area contributed by atoms with Crippen molar-refractivity contribution in [3.8, 4) is 0 Å². The van der Waals surface area contributed by atoms with E-state index in [0.29, 0.717) is 35.1 Å². The van der Waals surface area contributed by atoms with Crippen LogP contribution in [0.25, 0.3) is 0 Å². The van der Waals surface area contributed by atoms with Gasteiger partial charge in [0.25, 0.3) is 0 Å². The molecule has 2 aliphatic rings. The maximum atomic E-state index is 12.3. The van der Waals surface area contributed by atoms with Crippen molar-refractivity contribution in [3.63, 3.8) is 0 Å². The molecule has 158 valence electrons. The van der Waals surface area contributed by atoms with Crippen LogP contribution >= 0.6 is 127 Å². The number of esters is 2. The Morgan fingerprint density at radius 1 is 0.633 bits per heavy atom. The number of carbonyl (C=O) groups excluding carboxylic acids is 2. The SMILES string of the molecule is O=C1OC(Br)(Br)c2c1cc(CCc1cc3c(c(Br)c1Br)C(Br)(Br)OC3=O)c(Br)c2Br. The van der Waals surface area contributed by atoms with E-state index in [9.17, 15) is 9.59 Å². The zero-order chi connectivity index (χ0) is 22.2. The first-order valence-corrected chi connectivity index (χ1v) is 14.4. The van der Waals surface area contributed by atoms with Crippen LogP contribution in [0.5, 0.6) is 0 Å². The Morgan fingerprint density at radius 3 is 1.30 bits per heavy atom. The minimum absolute atomic E-state index is 0.414. The van der Waals surface area contributed by atoms with E-state index >= 15 is 0 Å². The molecule has 2 aromatic carbocycles. The highest BCUT2D eigenvalue weighted by Crippen LogP contribution is 2.53. The molecule has 30 heavy (non-hydrogen) atoms. The Hall–Kier alpha value is 1.22. The molecule has 0 radical (unpaired) electrons. The zero-order valence-electron chi connectivity index (χ0n) is 14.2. The fourth-order valence-electron chi connectivity index (χ4n) is 3.33. The highest BCUT2D eigenvalue weighted by molar-refractivity contribution is 9.25. The molecular formula is C18H6Br8O4. The molecule has 2 heterocycles. The van der Waals surface area contributed by atoms with Crippen LogP contribution in [0.1, 0.15) is 43.0 Å². The largest absolute Gasteiger partial charge is 0.429 e. The normalized spacial score (nSPS) is 18.1. The number of cyclic esters (lactones) is 2. The summed E-state index contributed by atoms with van der Waals surface area (Å²) in [6, 6.07) is 3.65. The minimum Gasteiger partial charge on any atom is -0.429 e. The van der Waals surface area contributed by atoms with Crippen molar-refractivity contribution in [2.24, 2.45) is 0 Å². The van der Waals surface area contributed by atoms with Crippen LogP contribution < -0.4 is 0 Å². The molecule has 2 aliphatic heterocycles. The molecule has 4 nitrogen and oxygen atoms in total. The molecule has 4 rings (SSSR count). The average Bonchev–Trinajstić information content (AvgIpc) is 3.00. The number of ether oxygens (including phenoxy) is 2. The summed E-state index contributed by atoms with van der Waals surface area (Å²) in [7, 11) is 0. The summed E-state index contributed by atoms with van der Waals surface area (Å²) in [5.41, 5.74) is 4.18. The maximum absolute atomic E-state index is 12.3. The monoisotopic (exact) mass is 917 g/mol. The molecule has 12 heteroatoms. The molecule has 0 aromatic heterocycles. The molecule has 0 saturated carbocycles. The quantitative estimate of drug-likeness (QED) is 0.229. The summed E-state index contributed by atoms with van der Waals surface area (Å²) >= 11 is 27.9. The number of fused-ring (bicyclic) bond motifs is 2. The van der Waals surface area contributed by atoms with Gasteiger partial charge in [0.05, 0.1) is 11.1 Å². The van der Waals surface area contributed by atoms with Gasteiger partial charge >= 0.3 is 11.9 Å². The first-order valence-electron chi connectivity index (χ1n) is 8.10. The number of carbonyl (C=O) groups is 2. The highest BCUT2D eigenvalue weighted by atomic mass is 79.9. The molecule has 0 fully saturated rings. The third kappa shape index (κ3) is 4.01. The van der Waals surface area contributed by atoms with Crippen molar-refractivity contribution in [2.45, 2.75) is 19.7 Å². The molecule has 0 bridgehead atoms. The minimum atomic E-state index is -1.06. The Kier molecular flexibility index (Phi) is 6.87. The highest BCUT2D eigenvalue weighted by Gasteiger charge is 2.45. The Bertz CT molecular complexity index is 1050. The van der Waals surface area contributed by atoms with Gasteiger partial charge in [0, 0.05) is 29.0 Å². The van der Waals surface area contributed by atoms with E-state index in [1.165, 1.54) is 0 Å². The molecule has 0 unspecified atom stereocenters. The lowest BCUT2D eigenvalue weighted by atomic mass is 9.98. The van der Waals surface area contributed by atoms with E-state index in [-0.39, 0.29) is 0 Å².